The van der Waals surface area contributed by atoms with Crippen molar-refractivity contribution >= 4 is 23.0 Å². The maximum atomic E-state index is 13.3. The van der Waals surface area contributed by atoms with Crippen LogP contribution < -0.4 is 14.5 Å². The summed E-state index contributed by atoms with van der Waals surface area (Å²) < 4.78 is 18.7. The molecular weight excluding hydrogens is 317 g/mol. The van der Waals surface area contributed by atoms with Crippen LogP contribution in [-0.4, -0.2) is 38.3 Å². The predicted octanol–water partition coefficient (Wildman–Crippen LogP) is 3.60. The summed E-state index contributed by atoms with van der Waals surface area (Å²) in [6.45, 7) is 3.54. The second-order valence-electron chi connectivity index (χ2n) is 5.47. The minimum atomic E-state index is -0.381. The fourth-order valence-corrected chi connectivity index (χ4v) is 3.06. The quantitative estimate of drug-likeness (QED) is 0.857. The molecule has 2 heterocycles. The molecule has 0 unspecified atom stereocenters. The van der Waals surface area contributed by atoms with Gasteiger partial charge in [0, 0.05) is 38.1 Å². The van der Waals surface area contributed by atoms with Gasteiger partial charge in [0.25, 0.3) is 0 Å². The van der Waals surface area contributed by atoms with E-state index in [2.05, 4.69) is 14.8 Å². The molecule has 2 aromatic rings. The lowest BCUT2D eigenvalue weighted by Crippen LogP contribution is -2.30. The number of halogens is 2. The van der Waals surface area contributed by atoms with Gasteiger partial charge in [0.2, 0.25) is 0 Å². The van der Waals surface area contributed by atoms with Crippen LogP contribution >= 0.6 is 11.6 Å². The molecule has 0 spiro atoms. The zero-order chi connectivity index (χ0) is 16.2. The predicted molar refractivity (Wildman–Crippen MR) is 91.2 cm³/mol. The number of hydrogen-bond acceptors (Lipinski definition) is 4. The van der Waals surface area contributed by atoms with E-state index >= 15 is 0 Å². The third kappa shape index (κ3) is 3.50. The summed E-state index contributed by atoms with van der Waals surface area (Å²) in [4.78, 5) is 8.64. The lowest BCUT2D eigenvalue weighted by Gasteiger charge is -2.25. The fraction of sp³-hybridized carbons (Fsp3) is 0.353. The number of nitrogens with zero attached hydrogens (tertiary/aromatic N) is 3. The SMILES string of the molecule is COc1cnccc1N1CCCN(c2ccc(F)c(Cl)c2)CC1. The zero-order valence-electron chi connectivity index (χ0n) is 13.0. The second kappa shape index (κ2) is 7.04. The standard InChI is InChI=1S/C17H19ClFN3O/c1-23-17-12-20-6-5-16(17)22-8-2-7-21(9-10-22)13-3-4-15(19)14(18)11-13/h3-6,11-12H,2,7-10H2,1H3. The molecule has 6 heteroatoms. The Hall–Kier alpha value is -2.01. The Kier molecular flexibility index (Phi) is 4.86. The molecule has 0 amide bonds. The first-order valence-electron chi connectivity index (χ1n) is 7.62. The number of aromatic nitrogens is 1. The van der Waals surface area contributed by atoms with Crippen LogP contribution in [0.25, 0.3) is 0 Å². The first-order valence-corrected chi connectivity index (χ1v) is 8.00. The molecule has 0 radical (unpaired) electrons. The van der Waals surface area contributed by atoms with E-state index in [0.717, 1.165) is 49.7 Å². The van der Waals surface area contributed by atoms with Crippen molar-refractivity contribution in [1.82, 2.24) is 4.98 Å². The average Bonchev–Trinajstić information content (AvgIpc) is 2.83. The number of benzene rings is 1. The van der Waals surface area contributed by atoms with Gasteiger partial charge in [-0.05, 0) is 30.7 Å². The molecule has 122 valence electrons. The molecule has 1 aliphatic heterocycles. The lowest BCUT2D eigenvalue weighted by molar-refractivity contribution is 0.412. The molecule has 1 saturated heterocycles. The van der Waals surface area contributed by atoms with Gasteiger partial charge < -0.3 is 14.5 Å². The van der Waals surface area contributed by atoms with Crippen molar-refractivity contribution < 1.29 is 9.13 Å². The van der Waals surface area contributed by atoms with Gasteiger partial charge in [-0.2, -0.15) is 0 Å². The van der Waals surface area contributed by atoms with E-state index in [4.69, 9.17) is 16.3 Å². The highest BCUT2D eigenvalue weighted by atomic mass is 35.5. The molecule has 1 aromatic heterocycles. The van der Waals surface area contributed by atoms with Gasteiger partial charge >= 0.3 is 0 Å². The molecule has 1 aliphatic rings. The Morgan fingerprint density at radius 3 is 2.70 bits per heavy atom. The summed E-state index contributed by atoms with van der Waals surface area (Å²) >= 11 is 5.90. The number of methoxy groups -OCH3 is 1. The zero-order valence-corrected chi connectivity index (χ0v) is 13.8. The Morgan fingerprint density at radius 2 is 1.91 bits per heavy atom. The van der Waals surface area contributed by atoms with Crippen molar-refractivity contribution in [3.05, 3.63) is 47.5 Å². The number of hydrogen-bond donors (Lipinski definition) is 0. The minimum absolute atomic E-state index is 0.166. The summed E-state index contributed by atoms with van der Waals surface area (Å²) in [5.41, 5.74) is 2.02. The van der Waals surface area contributed by atoms with Crippen molar-refractivity contribution in [2.45, 2.75) is 6.42 Å². The maximum absolute atomic E-state index is 13.3. The Bertz CT molecular complexity index is 683. The van der Waals surface area contributed by atoms with Gasteiger partial charge in [0.15, 0.2) is 5.75 Å². The number of anilines is 2. The topological polar surface area (TPSA) is 28.6 Å². The Labute approximate surface area is 140 Å². The first-order chi connectivity index (χ1) is 11.2. The molecule has 0 N–H and O–H groups in total. The van der Waals surface area contributed by atoms with Crippen LogP contribution in [-0.2, 0) is 0 Å². The average molecular weight is 336 g/mol. The number of rotatable bonds is 3. The second-order valence-corrected chi connectivity index (χ2v) is 5.88. The summed E-state index contributed by atoms with van der Waals surface area (Å²) in [5.74, 6) is 0.402. The van der Waals surface area contributed by atoms with E-state index in [1.54, 1.807) is 31.6 Å². The van der Waals surface area contributed by atoms with Crippen molar-refractivity contribution in [2.24, 2.45) is 0 Å². The number of pyridine rings is 1. The molecule has 4 nitrogen and oxygen atoms in total. The normalized spacial score (nSPS) is 15.4. The fourth-order valence-electron chi connectivity index (χ4n) is 2.89. The largest absolute Gasteiger partial charge is 0.493 e. The maximum Gasteiger partial charge on any atom is 0.160 e. The third-order valence-electron chi connectivity index (χ3n) is 4.09. The summed E-state index contributed by atoms with van der Waals surface area (Å²) in [6, 6.07) is 6.87. The Balaban J connectivity index is 1.75. The van der Waals surface area contributed by atoms with E-state index in [1.807, 2.05) is 6.07 Å². The highest BCUT2D eigenvalue weighted by molar-refractivity contribution is 6.31. The summed E-state index contributed by atoms with van der Waals surface area (Å²) in [6.07, 6.45) is 4.51. The first kappa shape index (κ1) is 15.9. The smallest absolute Gasteiger partial charge is 0.160 e. The van der Waals surface area contributed by atoms with Gasteiger partial charge in [0.05, 0.1) is 24.0 Å². The molecule has 3 rings (SSSR count). The molecule has 0 atom stereocenters. The van der Waals surface area contributed by atoms with E-state index in [0.29, 0.717) is 0 Å². The van der Waals surface area contributed by atoms with Crippen LogP contribution in [0.4, 0.5) is 15.8 Å². The minimum Gasteiger partial charge on any atom is -0.493 e. The molecule has 23 heavy (non-hydrogen) atoms. The monoisotopic (exact) mass is 335 g/mol. The van der Waals surface area contributed by atoms with Crippen LogP contribution in [0.1, 0.15) is 6.42 Å². The van der Waals surface area contributed by atoms with Crippen LogP contribution in [0.15, 0.2) is 36.7 Å². The van der Waals surface area contributed by atoms with Crippen molar-refractivity contribution in [1.29, 1.82) is 0 Å². The molecular formula is C17H19ClFN3O. The van der Waals surface area contributed by atoms with Crippen molar-refractivity contribution in [3.8, 4) is 5.75 Å². The number of ether oxygens (including phenoxy) is 1. The summed E-state index contributed by atoms with van der Waals surface area (Å²) in [5, 5.41) is 0.166. The van der Waals surface area contributed by atoms with Gasteiger partial charge in [-0.1, -0.05) is 11.6 Å². The van der Waals surface area contributed by atoms with Gasteiger partial charge in [-0.15, -0.1) is 0 Å². The van der Waals surface area contributed by atoms with E-state index in [1.165, 1.54) is 6.07 Å². The van der Waals surface area contributed by atoms with E-state index in [-0.39, 0.29) is 10.8 Å². The van der Waals surface area contributed by atoms with Crippen molar-refractivity contribution in [3.63, 3.8) is 0 Å². The molecule has 1 aromatic carbocycles. The third-order valence-corrected chi connectivity index (χ3v) is 4.38. The molecule has 0 aliphatic carbocycles. The lowest BCUT2D eigenvalue weighted by atomic mass is 10.2. The highest BCUT2D eigenvalue weighted by Crippen LogP contribution is 2.29. The Morgan fingerprint density at radius 1 is 1.13 bits per heavy atom. The van der Waals surface area contributed by atoms with E-state index in [9.17, 15) is 4.39 Å². The van der Waals surface area contributed by atoms with Gasteiger partial charge in [0.1, 0.15) is 5.82 Å². The van der Waals surface area contributed by atoms with Crippen LogP contribution in [0, 0.1) is 5.82 Å². The molecule has 0 bridgehead atoms. The van der Waals surface area contributed by atoms with Crippen LogP contribution in [0.3, 0.4) is 0 Å². The molecule has 0 saturated carbocycles. The van der Waals surface area contributed by atoms with Gasteiger partial charge in [-0.3, -0.25) is 4.98 Å². The van der Waals surface area contributed by atoms with Crippen LogP contribution in [0.2, 0.25) is 5.02 Å². The molecule has 1 fully saturated rings. The van der Waals surface area contributed by atoms with Crippen molar-refractivity contribution in [2.75, 3.05) is 43.1 Å². The van der Waals surface area contributed by atoms with Gasteiger partial charge in [-0.25, -0.2) is 4.39 Å². The summed E-state index contributed by atoms with van der Waals surface area (Å²) in [7, 11) is 1.66. The van der Waals surface area contributed by atoms with E-state index < -0.39 is 0 Å². The van der Waals surface area contributed by atoms with Crippen LogP contribution in [0.5, 0.6) is 5.75 Å². The highest BCUT2D eigenvalue weighted by Gasteiger charge is 2.18.